The van der Waals surface area contributed by atoms with Crippen LogP contribution in [0.1, 0.15) is 26.3 Å². The van der Waals surface area contributed by atoms with Crippen LogP contribution in [-0.4, -0.2) is 16.5 Å². The van der Waals surface area contributed by atoms with Crippen molar-refractivity contribution in [3.05, 3.63) is 48.0 Å². The van der Waals surface area contributed by atoms with Gasteiger partial charge in [0.2, 0.25) is 0 Å². The van der Waals surface area contributed by atoms with Gasteiger partial charge in [-0.05, 0) is 61.4 Å². The molecule has 0 radical (unpaired) electrons. The Kier molecular flexibility index (Phi) is 4.80. The van der Waals surface area contributed by atoms with E-state index in [0.717, 1.165) is 34.3 Å². The van der Waals surface area contributed by atoms with Gasteiger partial charge < -0.3 is 14.0 Å². The zero-order valence-corrected chi connectivity index (χ0v) is 15.3. The Bertz CT molecular complexity index is 983. The zero-order valence-electron chi connectivity index (χ0n) is 15.3. The lowest BCUT2D eigenvalue weighted by Crippen LogP contribution is -2.02. The topological polar surface area (TPSA) is 57.5 Å². The van der Waals surface area contributed by atoms with E-state index < -0.39 is 0 Å². The largest absolute Gasteiger partial charge is 0.427 e. The summed E-state index contributed by atoms with van der Waals surface area (Å²) < 4.78 is 12.5. The molecule has 3 aromatic rings. The van der Waals surface area contributed by atoms with Crippen LogP contribution in [0.5, 0.6) is 11.5 Å². The second-order valence-corrected chi connectivity index (χ2v) is 6.11. The highest BCUT2D eigenvalue weighted by molar-refractivity contribution is 5.93. The Hall–Kier alpha value is -3.08. The van der Waals surface area contributed by atoms with Crippen molar-refractivity contribution in [1.82, 2.24) is 4.57 Å². The fourth-order valence-corrected chi connectivity index (χ4v) is 3.28. The average molecular weight is 351 g/mol. The van der Waals surface area contributed by atoms with Gasteiger partial charge in [0, 0.05) is 31.8 Å². The van der Waals surface area contributed by atoms with Crippen molar-refractivity contribution in [1.29, 1.82) is 0 Å². The molecule has 2 aromatic carbocycles. The number of fused-ring (bicyclic) bond motifs is 1. The van der Waals surface area contributed by atoms with Crippen LogP contribution < -0.4 is 9.47 Å². The van der Waals surface area contributed by atoms with E-state index in [2.05, 4.69) is 18.4 Å². The second-order valence-electron chi connectivity index (χ2n) is 6.11. The number of rotatable bonds is 4. The number of ether oxygens (including phenoxy) is 2. The second kappa shape index (κ2) is 7.04. The van der Waals surface area contributed by atoms with E-state index >= 15 is 0 Å². The molecule has 5 nitrogen and oxygen atoms in total. The molecule has 0 aliphatic carbocycles. The van der Waals surface area contributed by atoms with E-state index in [1.165, 1.54) is 13.8 Å². The normalized spacial score (nSPS) is 10.8. The van der Waals surface area contributed by atoms with E-state index in [-0.39, 0.29) is 11.9 Å². The molecular weight excluding hydrogens is 330 g/mol. The SMILES string of the molecule is CCn1c(-c2ccc(OC(C)=O)cc2)c(C)c2ccc(OC(C)=O)cc21. The van der Waals surface area contributed by atoms with Gasteiger partial charge in [0.05, 0.1) is 11.2 Å². The Morgan fingerprint density at radius 2 is 1.50 bits per heavy atom. The van der Waals surface area contributed by atoms with Gasteiger partial charge in [-0.1, -0.05) is 0 Å². The first kappa shape index (κ1) is 17.7. The number of esters is 2. The number of carbonyl (C=O) groups excluding carboxylic acids is 2. The van der Waals surface area contributed by atoms with Gasteiger partial charge in [-0.3, -0.25) is 9.59 Å². The highest BCUT2D eigenvalue weighted by Crippen LogP contribution is 2.35. The maximum absolute atomic E-state index is 11.2. The lowest BCUT2D eigenvalue weighted by molar-refractivity contribution is -0.132. The summed E-state index contributed by atoms with van der Waals surface area (Å²) in [5, 5.41) is 1.11. The van der Waals surface area contributed by atoms with Crippen molar-refractivity contribution in [2.45, 2.75) is 34.2 Å². The predicted octanol–water partition coefficient (Wildman–Crippen LogP) is 4.49. The van der Waals surface area contributed by atoms with Crippen LogP contribution >= 0.6 is 0 Å². The van der Waals surface area contributed by atoms with Crippen molar-refractivity contribution in [2.24, 2.45) is 0 Å². The van der Waals surface area contributed by atoms with Crippen LogP contribution in [0.15, 0.2) is 42.5 Å². The van der Waals surface area contributed by atoms with Gasteiger partial charge in [0.15, 0.2) is 0 Å². The van der Waals surface area contributed by atoms with Crippen LogP contribution in [0.2, 0.25) is 0 Å². The molecular formula is C21H21NO4. The third kappa shape index (κ3) is 3.33. The number of aromatic nitrogens is 1. The summed E-state index contributed by atoms with van der Waals surface area (Å²) in [6.07, 6.45) is 0. The van der Waals surface area contributed by atoms with Gasteiger partial charge in [0.25, 0.3) is 0 Å². The van der Waals surface area contributed by atoms with Crippen LogP contribution in [0.3, 0.4) is 0 Å². The molecule has 0 aliphatic heterocycles. The fourth-order valence-electron chi connectivity index (χ4n) is 3.28. The summed E-state index contributed by atoms with van der Waals surface area (Å²) in [4.78, 5) is 22.3. The fraction of sp³-hybridized carbons (Fsp3) is 0.238. The minimum absolute atomic E-state index is 0.336. The van der Waals surface area contributed by atoms with E-state index in [9.17, 15) is 9.59 Å². The molecule has 0 amide bonds. The van der Waals surface area contributed by atoms with Gasteiger partial charge in [-0.2, -0.15) is 0 Å². The molecule has 26 heavy (non-hydrogen) atoms. The van der Waals surface area contributed by atoms with Crippen molar-refractivity contribution >= 4 is 22.8 Å². The molecule has 1 aromatic heterocycles. The Morgan fingerprint density at radius 3 is 2.08 bits per heavy atom. The predicted molar refractivity (Wildman–Crippen MR) is 100 cm³/mol. The maximum atomic E-state index is 11.2. The number of benzene rings is 2. The molecule has 0 saturated heterocycles. The molecule has 0 unspecified atom stereocenters. The molecule has 0 saturated carbocycles. The summed E-state index contributed by atoms with van der Waals surface area (Å²) in [6, 6.07) is 13.1. The summed E-state index contributed by atoms with van der Waals surface area (Å²) in [5.74, 6) is 0.385. The summed E-state index contributed by atoms with van der Waals surface area (Å²) >= 11 is 0. The summed E-state index contributed by atoms with van der Waals surface area (Å²) in [7, 11) is 0. The number of carbonyl (C=O) groups is 2. The first-order valence-electron chi connectivity index (χ1n) is 8.50. The quantitative estimate of drug-likeness (QED) is 0.513. The molecule has 134 valence electrons. The molecule has 3 rings (SSSR count). The van der Waals surface area contributed by atoms with E-state index in [4.69, 9.17) is 9.47 Å². The molecule has 0 bridgehead atoms. The highest BCUT2D eigenvalue weighted by atomic mass is 16.5. The zero-order chi connectivity index (χ0) is 18.8. The van der Waals surface area contributed by atoms with Crippen LogP contribution in [0.25, 0.3) is 22.2 Å². The number of nitrogens with zero attached hydrogens (tertiary/aromatic N) is 1. The standard InChI is InChI=1S/C21H21NO4/c1-5-22-20-12-18(26-15(4)24)10-11-19(20)13(2)21(22)16-6-8-17(9-7-16)25-14(3)23/h6-12H,5H2,1-4H3. The third-order valence-corrected chi connectivity index (χ3v) is 4.26. The lowest BCUT2D eigenvalue weighted by atomic mass is 10.1. The number of hydrogen-bond acceptors (Lipinski definition) is 4. The van der Waals surface area contributed by atoms with Crippen LogP contribution in [0, 0.1) is 6.92 Å². The van der Waals surface area contributed by atoms with Crippen molar-refractivity contribution in [3.8, 4) is 22.8 Å². The molecule has 0 aliphatic rings. The van der Waals surface area contributed by atoms with Gasteiger partial charge >= 0.3 is 11.9 Å². The minimum Gasteiger partial charge on any atom is -0.427 e. The first-order valence-corrected chi connectivity index (χ1v) is 8.50. The van der Waals surface area contributed by atoms with Gasteiger partial charge in [0.1, 0.15) is 11.5 Å². The Labute approximate surface area is 152 Å². The molecule has 1 heterocycles. The van der Waals surface area contributed by atoms with Crippen molar-refractivity contribution in [2.75, 3.05) is 0 Å². The summed E-state index contributed by atoms with van der Waals surface area (Å²) in [5.41, 5.74) is 4.29. The van der Waals surface area contributed by atoms with Crippen LogP contribution in [-0.2, 0) is 16.1 Å². The van der Waals surface area contributed by atoms with E-state index in [1.807, 2.05) is 30.3 Å². The third-order valence-electron chi connectivity index (χ3n) is 4.26. The lowest BCUT2D eigenvalue weighted by Gasteiger charge is -2.10. The Morgan fingerprint density at radius 1 is 0.923 bits per heavy atom. The maximum Gasteiger partial charge on any atom is 0.308 e. The highest BCUT2D eigenvalue weighted by Gasteiger charge is 2.16. The number of aryl methyl sites for hydroxylation is 2. The minimum atomic E-state index is -0.338. The molecule has 0 spiro atoms. The van der Waals surface area contributed by atoms with Crippen LogP contribution in [0.4, 0.5) is 0 Å². The van der Waals surface area contributed by atoms with Gasteiger partial charge in [-0.25, -0.2) is 0 Å². The molecule has 0 N–H and O–H groups in total. The molecule has 0 fully saturated rings. The molecule has 0 atom stereocenters. The molecule has 5 heteroatoms. The van der Waals surface area contributed by atoms with E-state index in [0.29, 0.717) is 11.5 Å². The average Bonchev–Trinajstić information content (AvgIpc) is 2.86. The smallest absolute Gasteiger partial charge is 0.308 e. The number of hydrogen-bond donors (Lipinski definition) is 0. The monoisotopic (exact) mass is 351 g/mol. The van der Waals surface area contributed by atoms with Gasteiger partial charge in [-0.15, -0.1) is 0 Å². The van der Waals surface area contributed by atoms with Crippen molar-refractivity contribution in [3.63, 3.8) is 0 Å². The van der Waals surface area contributed by atoms with E-state index in [1.54, 1.807) is 12.1 Å². The Balaban J connectivity index is 2.11. The van der Waals surface area contributed by atoms with Crippen molar-refractivity contribution < 1.29 is 19.1 Å². The summed E-state index contributed by atoms with van der Waals surface area (Å²) in [6.45, 7) is 7.70. The first-order chi connectivity index (χ1) is 12.4.